The van der Waals surface area contributed by atoms with Gasteiger partial charge in [0.1, 0.15) is 5.76 Å². The van der Waals surface area contributed by atoms with Gasteiger partial charge in [-0.2, -0.15) is 5.10 Å². The Morgan fingerprint density at radius 2 is 2.28 bits per heavy atom. The molecule has 1 aromatic heterocycles. The van der Waals surface area contributed by atoms with Crippen LogP contribution in [0, 0.1) is 6.92 Å². The van der Waals surface area contributed by atoms with E-state index >= 15 is 0 Å². The van der Waals surface area contributed by atoms with Gasteiger partial charge in [-0.25, -0.2) is 5.43 Å². The Labute approximate surface area is 113 Å². The van der Waals surface area contributed by atoms with Gasteiger partial charge in [-0.05, 0) is 36.8 Å². The van der Waals surface area contributed by atoms with Crippen molar-refractivity contribution in [1.82, 2.24) is 5.43 Å². The SMILES string of the molecule is Cc1ccc(C(=O)NN=Cc2ccco2)cc1Br. The number of furan rings is 1. The van der Waals surface area contributed by atoms with E-state index in [0.29, 0.717) is 11.3 Å². The Morgan fingerprint density at radius 1 is 1.44 bits per heavy atom. The van der Waals surface area contributed by atoms with Crippen LogP contribution < -0.4 is 5.43 Å². The molecule has 1 heterocycles. The maximum absolute atomic E-state index is 11.8. The number of hydrogen-bond acceptors (Lipinski definition) is 3. The predicted molar refractivity (Wildman–Crippen MR) is 72.6 cm³/mol. The van der Waals surface area contributed by atoms with Crippen LogP contribution in [0.25, 0.3) is 0 Å². The molecule has 0 aliphatic rings. The van der Waals surface area contributed by atoms with Crippen molar-refractivity contribution in [2.75, 3.05) is 0 Å². The molecule has 18 heavy (non-hydrogen) atoms. The highest BCUT2D eigenvalue weighted by Gasteiger charge is 2.05. The molecule has 0 fully saturated rings. The second-order valence-electron chi connectivity index (χ2n) is 3.68. The standard InChI is InChI=1S/C13H11BrN2O2/c1-9-4-5-10(7-12(9)14)13(17)16-15-8-11-3-2-6-18-11/h2-8H,1H3,(H,16,17). The fraction of sp³-hybridized carbons (Fsp3) is 0.0769. The molecule has 0 saturated heterocycles. The van der Waals surface area contributed by atoms with Crippen molar-refractivity contribution in [3.8, 4) is 0 Å². The normalized spacial score (nSPS) is 10.8. The van der Waals surface area contributed by atoms with E-state index in [1.807, 2.05) is 13.0 Å². The summed E-state index contributed by atoms with van der Waals surface area (Å²) in [6.07, 6.45) is 2.99. The van der Waals surface area contributed by atoms with Crippen LogP contribution in [0.2, 0.25) is 0 Å². The van der Waals surface area contributed by atoms with E-state index in [1.165, 1.54) is 6.21 Å². The predicted octanol–water partition coefficient (Wildman–Crippen LogP) is 3.11. The van der Waals surface area contributed by atoms with E-state index in [4.69, 9.17) is 4.42 Å². The van der Waals surface area contributed by atoms with Crippen molar-refractivity contribution in [3.63, 3.8) is 0 Å². The molecule has 0 saturated carbocycles. The van der Waals surface area contributed by atoms with Gasteiger partial charge in [0.15, 0.2) is 0 Å². The van der Waals surface area contributed by atoms with Gasteiger partial charge in [-0.3, -0.25) is 4.79 Å². The molecule has 0 unspecified atom stereocenters. The topological polar surface area (TPSA) is 54.6 Å². The molecule has 0 bridgehead atoms. The zero-order chi connectivity index (χ0) is 13.0. The summed E-state index contributed by atoms with van der Waals surface area (Å²) in [5.74, 6) is 0.318. The summed E-state index contributed by atoms with van der Waals surface area (Å²) in [4.78, 5) is 11.8. The lowest BCUT2D eigenvalue weighted by molar-refractivity contribution is 0.0955. The summed E-state index contributed by atoms with van der Waals surface area (Å²) in [5, 5.41) is 3.81. The summed E-state index contributed by atoms with van der Waals surface area (Å²) in [6.45, 7) is 1.96. The zero-order valence-electron chi connectivity index (χ0n) is 9.68. The first-order valence-corrected chi connectivity index (χ1v) is 6.09. The highest BCUT2D eigenvalue weighted by Crippen LogP contribution is 2.17. The van der Waals surface area contributed by atoms with Gasteiger partial charge in [0.05, 0.1) is 12.5 Å². The number of carbonyl (C=O) groups is 1. The summed E-state index contributed by atoms with van der Waals surface area (Å²) < 4.78 is 5.94. The number of nitrogens with one attached hydrogen (secondary N) is 1. The van der Waals surface area contributed by atoms with Gasteiger partial charge in [-0.1, -0.05) is 22.0 Å². The number of hydrazone groups is 1. The van der Waals surface area contributed by atoms with Gasteiger partial charge < -0.3 is 4.42 Å². The minimum absolute atomic E-state index is 0.265. The number of aryl methyl sites for hydroxylation is 1. The average molecular weight is 307 g/mol. The molecule has 0 atom stereocenters. The molecule has 0 radical (unpaired) electrons. The summed E-state index contributed by atoms with van der Waals surface area (Å²) in [5.41, 5.74) is 4.05. The number of benzene rings is 1. The smallest absolute Gasteiger partial charge is 0.271 e. The Hall–Kier alpha value is -1.88. The Morgan fingerprint density at radius 3 is 2.94 bits per heavy atom. The molecule has 0 aliphatic heterocycles. The molecule has 1 N–H and O–H groups in total. The Balaban J connectivity index is 2.01. The van der Waals surface area contributed by atoms with Crippen molar-refractivity contribution in [2.24, 2.45) is 5.10 Å². The van der Waals surface area contributed by atoms with Gasteiger partial charge in [0.25, 0.3) is 5.91 Å². The van der Waals surface area contributed by atoms with Crippen LogP contribution in [0.1, 0.15) is 21.7 Å². The Kier molecular flexibility index (Phi) is 3.94. The minimum atomic E-state index is -0.265. The fourth-order valence-corrected chi connectivity index (χ4v) is 1.70. The molecule has 0 aliphatic carbocycles. The van der Waals surface area contributed by atoms with Gasteiger partial charge in [-0.15, -0.1) is 0 Å². The first-order chi connectivity index (χ1) is 8.66. The van der Waals surface area contributed by atoms with Crippen LogP contribution in [-0.2, 0) is 0 Å². The van der Waals surface area contributed by atoms with Crippen LogP contribution in [0.5, 0.6) is 0 Å². The zero-order valence-corrected chi connectivity index (χ0v) is 11.3. The van der Waals surface area contributed by atoms with Crippen LogP contribution in [0.3, 0.4) is 0 Å². The van der Waals surface area contributed by atoms with Crippen molar-refractivity contribution < 1.29 is 9.21 Å². The number of hydrogen-bond donors (Lipinski definition) is 1. The molecule has 5 heteroatoms. The second-order valence-corrected chi connectivity index (χ2v) is 4.53. The summed E-state index contributed by atoms with van der Waals surface area (Å²) >= 11 is 3.38. The van der Waals surface area contributed by atoms with Gasteiger partial charge >= 0.3 is 0 Å². The average Bonchev–Trinajstić information content (AvgIpc) is 2.85. The van der Waals surface area contributed by atoms with Crippen molar-refractivity contribution in [1.29, 1.82) is 0 Å². The van der Waals surface area contributed by atoms with Crippen molar-refractivity contribution in [3.05, 3.63) is 58.0 Å². The fourth-order valence-electron chi connectivity index (χ4n) is 1.32. The van der Waals surface area contributed by atoms with Crippen molar-refractivity contribution >= 4 is 28.1 Å². The first-order valence-electron chi connectivity index (χ1n) is 5.30. The molecular formula is C13H11BrN2O2. The van der Waals surface area contributed by atoms with E-state index < -0.39 is 0 Å². The molecule has 2 rings (SSSR count). The maximum Gasteiger partial charge on any atom is 0.271 e. The van der Waals surface area contributed by atoms with E-state index in [9.17, 15) is 4.79 Å². The van der Waals surface area contributed by atoms with Crippen LogP contribution in [0.15, 0.2) is 50.6 Å². The van der Waals surface area contributed by atoms with Crippen LogP contribution in [-0.4, -0.2) is 12.1 Å². The van der Waals surface area contributed by atoms with Crippen LogP contribution in [0.4, 0.5) is 0 Å². The molecular weight excluding hydrogens is 296 g/mol. The van der Waals surface area contributed by atoms with Crippen LogP contribution >= 0.6 is 15.9 Å². The third-order valence-corrected chi connectivity index (χ3v) is 3.19. The number of halogens is 1. The van der Waals surface area contributed by atoms with Gasteiger partial charge in [0.2, 0.25) is 0 Å². The monoisotopic (exact) mass is 306 g/mol. The van der Waals surface area contributed by atoms with E-state index in [0.717, 1.165) is 10.0 Å². The molecule has 0 spiro atoms. The van der Waals surface area contributed by atoms with Gasteiger partial charge in [0, 0.05) is 10.0 Å². The number of rotatable bonds is 3. The molecule has 92 valence electrons. The molecule has 2 aromatic rings. The third kappa shape index (κ3) is 3.07. The molecule has 1 amide bonds. The maximum atomic E-state index is 11.8. The quantitative estimate of drug-likeness (QED) is 0.699. The van der Waals surface area contributed by atoms with E-state index in [1.54, 1.807) is 30.5 Å². The summed E-state index contributed by atoms with van der Waals surface area (Å²) in [6, 6.07) is 8.87. The first kappa shape index (κ1) is 12.6. The lowest BCUT2D eigenvalue weighted by atomic mass is 10.1. The number of nitrogens with zero attached hydrogens (tertiary/aromatic N) is 1. The summed E-state index contributed by atoms with van der Waals surface area (Å²) in [7, 11) is 0. The second kappa shape index (κ2) is 5.64. The van der Waals surface area contributed by atoms with E-state index in [2.05, 4.69) is 26.5 Å². The largest absolute Gasteiger partial charge is 0.463 e. The lowest BCUT2D eigenvalue weighted by Crippen LogP contribution is -2.17. The lowest BCUT2D eigenvalue weighted by Gasteiger charge is -2.02. The Bertz CT molecular complexity index is 577. The highest BCUT2D eigenvalue weighted by atomic mass is 79.9. The van der Waals surface area contributed by atoms with Crippen molar-refractivity contribution in [2.45, 2.75) is 6.92 Å². The van der Waals surface area contributed by atoms with E-state index in [-0.39, 0.29) is 5.91 Å². The highest BCUT2D eigenvalue weighted by molar-refractivity contribution is 9.10. The number of carbonyl (C=O) groups excluding carboxylic acids is 1. The minimum Gasteiger partial charge on any atom is -0.463 e. The third-order valence-electron chi connectivity index (χ3n) is 2.34. The molecule has 1 aromatic carbocycles. The number of amides is 1. The molecule has 4 nitrogen and oxygen atoms in total.